The van der Waals surface area contributed by atoms with Crippen molar-refractivity contribution >= 4 is 11.5 Å². The Kier molecular flexibility index (Phi) is 8.24. The Balaban J connectivity index is 0.000000186. The first kappa shape index (κ1) is 26.7. The van der Waals surface area contributed by atoms with Gasteiger partial charge in [-0.05, 0) is 11.1 Å². The molecular formula is C33H46GeNTi. The number of rotatable bonds is 5. The average Bonchev–Trinajstić information content (AvgIpc) is 3.05. The molecule has 0 heterocycles. The van der Waals surface area contributed by atoms with Gasteiger partial charge in [0.2, 0.25) is 0 Å². The van der Waals surface area contributed by atoms with Gasteiger partial charge in [0, 0.05) is 0 Å². The van der Waals surface area contributed by atoms with Crippen molar-refractivity contribution in [2.75, 3.05) is 0 Å². The Morgan fingerprint density at radius 1 is 0.722 bits per heavy atom. The van der Waals surface area contributed by atoms with Gasteiger partial charge in [-0.15, -0.1) is 0 Å². The summed E-state index contributed by atoms with van der Waals surface area (Å²) >= 11 is -2.41. The van der Waals surface area contributed by atoms with Gasteiger partial charge in [0.15, 0.2) is 0 Å². The summed E-state index contributed by atoms with van der Waals surface area (Å²) < 4.78 is 6.52. The van der Waals surface area contributed by atoms with E-state index >= 15 is 0 Å². The summed E-state index contributed by atoms with van der Waals surface area (Å²) in [5, 5.41) is 0. The summed E-state index contributed by atoms with van der Waals surface area (Å²) in [6, 6.07) is 20.8. The van der Waals surface area contributed by atoms with Crippen LogP contribution < -0.4 is 3.80 Å². The topological polar surface area (TPSA) is 12.0 Å². The van der Waals surface area contributed by atoms with Crippen molar-refractivity contribution in [1.82, 2.24) is 3.80 Å². The molecule has 3 heteroatoms. The second-order valence-electron chi connectivity index (χ2n) is 12.7. The molecule has 0 radical (unpaired) electrons. The van der Waals surface area contributed by atoms with E-state index in [1.54, 1.807) is 36.0 Å². The maximum absolute atomic E-state index is 4.57. The van der Waals surface area contributed by atoms with Crippen molar-refractivity contribution in [3.05, 3.63) is 81.3 Å². The van der Waals surface area contributed by atoms with Crippen LogP contribution in [0.1, 0.15) is 66.2 Å². The molecule has 0 saturated heterocycles. The summed E-state index contributed by atoms with van der Waals surface area (Å²) in [5.74, 6) is 9.33. The zero-order valence-electron chi connectivity index (χ0n) is 23.4. The van der Waals surface area contributed by atoms with Gasteiger partial charge in [0.05, 0.1) is 0 Å². The molecule has 1 atom stereocenters. The third-order valence-corrected chi connectivity index (χ3v) is 29.0. The Morgan fingerprint density at radius 2 is 1.17 bits per heavy atom. The summed E-state index contributed by atoms with van der Waals surface area (Å²) in [7, 11) is 0. The van der Waals surface area contributed by atoms with Crippen LogP contribution >= 0.6 is 0 Å². The molecule has 4 bridgehead atoms. The Bertz CT molecular complexity index is 1040. The van der Waals surface area contributed by atoms with Crippen molar-refractivity contribution in [1.29, 1.82) is 0 Å². The predicted octanol–water partition coefficient (Wildman–Crippen LogP) is 8.68. The summed E-state index contributed by atoms with van der Waals surface area (Å²) in [4.78, 5) is 0. The predicted molar refractivity (Wildman–Crippen MR) is 155 cm³/mol. The standard InChI is InChI=1S/C12H10.C10H16N.C9H13.C2H7Ge.Ti/c1-3-7-11(8-4-1)12-9-5-2-6-10-12;11-10-4-7-1-8(5-10)3-9(2-7)6-10;1-6-5-7(2)9(4)8(6)3;1-3-2;/h1-10H;7-9,11H,1-6H2;6H,1-4H3;3H,1-2H3;/q;-1;;;+1. The van der Waals surface area contributed by atoms with Crippen molar-refractivity contribution in [3.63, 3.8) is 0 Å². The monoisotopic (exact) mass is 578 g/mol. The van der Waals surface area contributed by atoms with Crippen molar-refractivity contribution in [2.45, 2.75) is 83.3 Å². The van der Waals surface area contributed by atoms with Gasteiger partial charge in [-0.3, -0.25) is 0 Å². The first-order valence-electron chi connectivity index (χ1n) is 14.4. The molecule has 0 spiro atoms. The van der Waals surface area contributed by atoms with Crippen LogP contribution in [0.4, 0.5) is 0 Å². The molecule has 0 amide bonds. The van der Waals surface area contributed by atoms with Gasteiger partial charge in [-0.1, -0.05) is 60.7 Å². The second-order valence-corrected chi connectivity index (χ2v) is 34.4. The minimum atomic E-state index is -1.27. The SMILES string of the molecule is CC1=C(C)C(C)[C]([Ti]([NH]C23CC4CC(CC(C4)C2)C3)[GeH]([CH3])[CH3])=C1C.c1ccc(-c2ccccc2)cc1. The summed E-state index contributed by atoms with van der Waals surface area (Å²) in [6.45, 7) is 9.72. The van der Waals surface area contributed by atoms with Crippen molar-refractivity contribution < 1.29 is 15.9 Å². The maximum atomic E-state index is 4.57. The third-order valence-electron chi connectivity index (χ3n) is 9.83. The molecular weight excluding hydrogens is 531 g/mol. The van der Waals surface area contributed by atoms with Crippen LogP contribution in [0, 0.1) is 23.7 Å². The molecule has 7 rings (SSSR count). The van der Waals surface area contributed by atoms with E-state index in [1.165, 1.54) is 30.4 Å². The van der Waals surface area contributed by atoms with E-state index in [9.17, 15) is 0 Å². The normalized spacial score (nSPS) is 30.6. The molecule has 2 aromatic carbocycles. The Hall–Kier alpha value is -0.863. The molecule has 1 unspecified atom stereocenters. The first-order chi connectivity index (χ1) is 17.3. The van der Waals surface area contributed by atoms with Crippen LogP contribution in [0.15, 0.2) is 81.3 Å². The van der Waals surface area contributed by atoms with E-state index in [2.05, 4.69) is 91.5 Å². The smallest absolute Gasteiger partial charge is 0.0184 e. The van der Waals surface area contributed by atoms with Crippen LogP contribution in [-0.4, -0.2) is 17.1 Å². The summed E-state index contributed by atoms with van der Waals surface area (Å²) in [5.41, 5.74) is 8.13. The van der Waals surface area contributed by atoms with E-state index in [4.69, 9.17) is 0 Å². The number of hydrogen-bond acceptors (Lipinski definition) is 1. The molecule has 36 heavy (non-hydrogen) atoms. The summed E-state index contributed by atoms with van der Waals surface area (Å²) in [6.07, 6.45) is 9.27. The van der Waals surface area contributed by atoms with E-state index in [0.717, 1.165) is 23.7 Å². The first-order valence-corrected chi connectivity index (χ1v) is 26.7. The van der Waals surface area contributed by atoms with Gasteiger partial charge in [-0.2, -0.15) is 0 Å². The molecule has 2 aromatic rings. The second kappa shape index (κ2) is 11.1. The molecule has 4 fully saturated rings. The molecule has 191 valence electrons. The molecule has 5 aliphatic carbocycles. The van der Waals surface area contributed by atoms with Gasteiger partial charge in [-0.25, -0.2) is 0 Å². The number of hydrogen-bond donors (Lipinski definition) is 1. The molecule has 4 saturated carbocycles. The number of benzene rings is 2. The average molecular weight is 577 g/mol. The number of nitrogens with one attached hydrogen (secondary N) is 1. The third kappa shape index (κ3) is 5.46. The quantitative estimate of drug-likeness (QED) is 0.351. The van der Waals surface area contributed by atoms with Gasteiger partial charge in [0.25, 0.3) is 0 Å². The fraction of sp³-hybridized carbons (Fsp3) is 0.515. The zero-order chi connectivity index (χ0) is 25.4. The van der Waals surface area contributed by atoms with Crippen LogP contribution in [0.3, 0.4) is 0 Å². The minimum absolute atomic E-state index is 0.580. The fourth-order valence-corrected chi connectivity index (χ4v) is 27.7. The van der Waals surface area contributed by atoms with E-state index < -0.39 is 27.4 Å². The van der Waals surface area contributed by atoms with Gasteiger partial charge in [0.1, 0.15) is 0 Å². The van der Waals surface area contributed by atoms with E-state index in [-0.39, 0.29) is 0 Å². The van der Waals surface area contributed by atoms with E-state index in [1.807, 2.05) is 16.0 Å². The Labute approximate surface area is 229 Å². The van der Waals surface area contributed by atoms with Crippen LogP contribution in [-0.2, 0) is 15.9 Å². The molecule has 5 aliphatic rings. The largest absolute Gasteiger partial charge is 0.0622 e. The van der Waals surface area contributed by atoms with Crippen molar-refractivity contribution in [2.24, 2.45) is 23.7 Å². The van der Waals surface area contributed by atoms with Gasteiger partial charge >= 0.3 is 159 Å². The zero-order valence-corrected chi connectivity index (χ0v) is 27.4. The molecule has 0 aromatic heterocycles. The van der Waals surface area contributed by atoms with Crippen LogP contribution in [0.25, 0.3) is 11.1 Å². The number of allylic oxidation sites excluding steroid dienone is 4. The minimum Gasteiger partial charge on any atom is -0.0622 e. The fourth-order valence-electron chi connectivity index (χ4n) is 8.13. The maximum Gasteiger partial charge on any atom is -0.0184 e. The van der Waals surface area contributed by atoms with Crippen LogP contribution in [0.5, 0.6) is 0 Å². The molecule has 0 aliphatic heterocycles. The molecule has 1 N–H and O–H groups in total. The van der Waals surface area contributed by atoms with Crippen molar-refractivity contribution in [3.8, 4) is 11.1 Å². The van der Waals surface area contributed by atoms with E-state index in [0.29, 0.717) is 5.54 Å². The Morgan fingerprint density at radius 3 is 1.53 bits per heavy atom. The van der Waals surface area contributed by atoms with Gasteiger partial charge < -0.3 is 0 Å². The van der Waals surface area contributed by atoms with Crippen LogP contribution in [0.2, 0.25) is 11.5 Å². The molecule has 1 nitrogen and oxygen atoms in total.